The van der Waals surface area contributed by atoms with Crippen molar-refractivity contribution >= 4 is 17.7 Å². The Morgan fingerprint density at radius 2 is 2.22 bits per heavy atom. The van der Waals surface area contributed by atoms with Gasteiger partial charge in [0.2, 0.25) is 5.91 Å². The van der Waals surface area contributed by atoms with Crippen LogP contribution in [-0.4, -0.2) is 39.9 Å². The summed E-state index contributed by atoms with van der Waals surface area (Å²) in [6.07, 6.45) is 1.59. The SMILES string of the molecule is CC(C)(C(=O)O)C(=O)Nc1ccnn1C1CNC1. The average molecular weight is 252 g/mol. The van der Waals surface area contributed by atoms with Crippen LogP contribution in [0.3, 0.4) is 0 Å². The van der Waals surface area contributed by atoms with E-state index in [2.05, 4.69) is 15.7 Å². The number of carboxylic acid groups (broad SMARTS) is 1. The molecule has 7 nitrogen and oxygen atoms in total. The number of carboxylic acids is 1. The van der Waals surface area contributed by atoms with Gasteiger partial charge < -0.3 is 15.7 Å². The molecule has 3 N–H and O–H groups in total. The van der Waals surface area contributed by atoms with E-state index in [-0.39, 0.29) is 6.04 Å². The molecule has 1 aromatic heterocycles. The smallest absolute Gasteiger partial charge is 0.318 e. The third kappa shape index (κ3) is 2.08. The second-order valence-corrected chi connectivity index (χ2v) is 4.86. The van der Waals surface area contributed by atoms with Crippen LogP contribution in [0, 0.1) is 5.41 Å². The van der Waals surface area contributed by atoms with Crippen molar-refractivity contribution in [2.75, 3.05) is 18.4 Å². The molecule has 0 aliphatic carbocycles. The van der Waals surface area contributed by atoms with E-state index in [4.69, 9.17) is 5.11 Å². The number of nitrogens with one attached hydrogen (secondary N) is 2. The summed E-state index contributed by atoms with van der Waals surface area (Å²) >= 11 is 0. The van der Waals surface area contributed by atoms with Crippen molar-refractivity contribution in [3.63, 3.8) is 0 Å². The predicted molar refractivity (Wildman–Crippen MR) is 64.2 cm³/mol. The predicted octanol–water partition coefficient (Wildman–Crippen LogP) is 0.0767. The summed E-state index contributed by atoms with van der Waals surface area (Å²) in [5.41, 5.74) is -1.47. The zero-order valence-corrected chi connectivity index (χ0v) is 10.3. The van der Waals surface area contributed by atoms with Crippen LogP contribution in [-0.2, 0) is 9.59 Å². The van der Waals surface area contributed by atoms with Crippen LogP contribution in [0.15, 0.2) is 12.3 Å². The quantitative estimate of drug-likeness (QED) is 0.659. The molecule has 0 bridgehead atoms. The molecule has 1 aliphatic rings. The van der Waals surface area contributed by atoms with Gasteiger partial charge in [0.15, 0.2) is 0 Å². The van der Waals surface area contributed by atoms with E-state index in [0.29, 0.717) is 5.82 Å². The molecule has 2 rings (SSSR count). The third-order valence-electron chi connectivity index (χ3n) is 3.12. The van der Waals surface area contributed by atoms with Crippen LogP contribution in [0.5, 0.6) is 0 Å². The number of aromatic nitrogens is 2. The van der Waals surface area contributed by atoms with Crippen LogP contribution in [0.2, 0.25) is 0 Å². The number of anilines is 1. The first kappa shape index (κ1) is 12.6. The van der Waals surface area contributed by atoms with Crippen molar-refractivity contribution in [1.82, 2.24) is 15.1 Å². The van der Waals surface area contributed by atoms with E-state index in [1.54, 1.807) is 16.9 Å². The van der Waals surface area contributed by atoms with Crippen molar-refractivity contribution in [2.45, 2.75) is 19.9 Å². The molecular weight excluding hydrogens is 236 g/mol. The van der Waals surface area contributed by atoms with Crippen LogP contribution < -0.4 is 10.6 Å². The second-order valence-electron chi connectivity index (χ2n) is 4.86. The molecule has 0 atom stereocenters. The standard InChI is InChI=1S/C11H16N4O3/c1-11(2,10(17)18)9(16)14-8-3-4-13-15(8)7-5-12-6-7/h3-4,7,12H,5-6H2,1-2H3,(H,14,16)(H,17,18). The molecule has 98 valence electrons. The van der Waals surface area contributed by atoms with E-state index >= 15 is 0 Å². The van der Waals surface area contributed by atoms with Gasteiger partial charge in [0.25, 0.3) is 0 Å². The summed E-state index contributed by atoms with van der Waals surface area (Å²) in [7, 11) is 0. The molecule has 1 aromatic rings. The Morgan fingerprint density at radius 1 is 1.56 bits per heavy atom. The van der Waals surface area contributed by atoms with Gasteiger partial charge in [0.05, 0.1) is 12.2 Å². The van der Waals surface area contributed by atoms with E-state index in [9.17, 15) is 9.59 Å². The molecule has 1 saturated heterocycles. The Balaban J connectivity index is 2.12. The molecule has 0 radical (unpaired) electrons. The highest BCUT2D eigenvalue weighted by Gasteiger charge is 2.36. The molecular formula is C11H16N4O3. The fraction of sp³-hybridized carbons (Fsp3) is 0.545. The summed E-state index contributed by atoms with van der Waals surface area (Å²) in [5.74, 6) is -1.18. The topological polar surface area (TPSA) is 96.2 Å². The van der Waals surface area contributed by atoms with Gasteiger partial charge in [-0.1, -0.05) is 0 Å². The molecule has 1 amide bonds. The fourth-order valence-electron chi connectivity index (χ4n) is 1.52. The van der Waals surface area contributed by atoms with Gasteiger partial charge >= 0.3 is 5.97 Å². The number of aliphatic carboxylic acids is 1. The second kappa shape index (κ2) is 4.41. The summed E-state index contributed by atoms with van der Waals surface area (Å²) in [6.45, 7) is 4.34. The fourth-order valence-corrected chi connectivity index (χ4v) is 1.52. The lowest BCUT2D eigenvalue weighted by Gasteiger charge is -2.29. The van der Waals surface area contributed by atoms with Crippen LogP contribution in [0.4, 0.5) is 5.82 Å². The molecule has 1 aliphatic heterocycles. The normalized spacial score (nSPS) is 16.1. The molecule has 2 heterocycles. The van der Waals surface area contributed by atoms with Crippen LogP contribution in [0.1, 0.15) is 19.9 Å². The molecule has 1 fully saturated rings. The summed E-state index contributed by atoms with van der Waals surface area (Å²) in [5, 5.41) is 18.8. The number of nitrogens with zero attached hydrogens (tertiary/aromatic N) is 2. The lowest BCUT2D eigenvalue weighted by Crippen LogP contribution is -2.45. The minimum atomic E-state index is -1.47. The zero-order chi connectivity index (χ0) is 13.3. The zero-order valence-electron chi connectivity index (χ0n) is 10.3. The first-order valence-electron chi connectivity index (χ1n) is 5.72. The van der Waals surface area contributed by atoms with Crippen molar-refractivity contribution in [1.29, 1.82) is 0 Å². The van der Waals surface area contributed by atoms with Gasteiger partial charge in [-0.15, -0.1) is 0 Å². The first-order valence-corrected chi connectivity index (χ1v) is 5.72. The molecule has 0 saturated carbocycles. The Bertz CT molecular complexity index is 476. The highest BCUT2D eigenvalue weighted by atomic mass is 16.4. The van der Waals surface area contributed by atoms with Crippen LogP contribution in [0.25, 0.3) is 0 Å². The number of carbonyl (C=O) groups excluding carboxylic acids is 1. The van der Waals surface area contributed by atoms with Gasteiger partial charge in [-0.05, 0) is 13.8 Å². The number of hydrogen-bond acceptors (Lipinski definition) is 4. The number of carbonyl (C=O) groups is 2. The number of rotatable bonds is 4. The first-order chi connectivity index (χ1) is 8.43. The van der Waals surface area contributed by atoms with Gasteiger partial charge in [0.1, 0.15) is 11.2 Å². The molecule has 7 heteroatoms. The maximum Gasteiger partial charge on any atom is 0.318 e. The lowest BCUT2D eigenvalue weighted by molar-refractivity contribution is -0.151. The number of hydrogen-bond donors (Lipinski definition) is 3. The minimum absolute atomic E-state index is 0.211. The van der Waals surface area contributed by atoms with Gasteiger partial charge in [-0.25, -0.2) is 4.68 Å². The largest absolute Gasteiger partial charge is 0.480 e. The van der Waals surface area contributed by atoms with Crippen molar-refractivity contribution in [2.24, 2.45) is 5.41 Å². The molecule has 0 unspecified atom stereocenters. The van der Waals surface area contributed by atoms with Crippen molar-refractivity contribution < 1.29 is 14.7 Å². The molecule has 0 aromatic carbocycles. The van der Waals surface area contributed by atoms with Gasteiger partial charge in [-0.2, -0.15) is 5.10 Å². The maximum atomic E-state index is 11.9. The Kier molecular flexibility index (Phi) is 3.08. The average Bonchev–Trinajstić information content (AvgIpc) is 2.63. The monoisotopic (exact) mass is 252 g/mol. The number of amides is 1. The maximum absolute atomic E-state index is 11.9. The molecule has 18 heavy (non-hydrogen) atoms. The van der Waals surface area contributed by atoms with Gasteiger partial charge in [0, 0.05) is 19.2 Å². The van der Waals surface area contributed by atoms with E-state index in [1.165, 1.54) is 13.8 Å². The van der Waals surface area contributed by atoms with E-state index < -0.39 is 17.3 Å². The summed E-state index contributed by atoms with van der Waals surface area (Å²) < 4.78 is 1.70. The van der Waals surface area contributed by atoms with Crippen molar-refractivity contribution in [3.8, 4) is 0 Å². The summed E-state index contributed by atoms with van der Waals surface area (Å²) in [6, 6.07) is 1.87. The summed E-state index contributed by atoms with van der Waals surface area (Å²) in [4.78, 5) is 22.9. The minimum Gasteiger partial charge on any atom is -0.480 e. The lowest BCUT2D eigenvalue weighted by atomic mass is 9.93. The highest BCUT2D eigenvalue weighted by molar-refractivity contribution is 6.07. The van der Waals surface area contributed by atoms with Crippen molar-refractivity contribution in [3.05, 3.63) is 12.3 Å². The highest BCUT2D eigenvalue weighted by Crippen LogP contribution is 2.21. The van der Waals surface area contributed by atoms with E-state index in [1.807, 2.05) is 0 Å². The molecule has 0 spiro atoms. The Hall–Kier alpha value is -1.89. The third-order valence-corrected chi connectivity index (χ3v) is 3.12. The Morgan fingerprint density at radius 3 is 2.72 bits per heavy atom. The Labute approximate surface area is 104 Å². The van der Waals surface area contributed by atoms with Crippen LogP contribution >= 0.6 is 0 Å². The van der Waals surface area contributed by atoms with Gasteiger partial charge in [-0.3, -0.25) is 9.59 Å². The van der Waals surface area contributed by atoms with E-state index in [0.717, 1.165) is 13.1 Å².